The van der Waals surface area contributed by atoms with Crippen LogP contribution < -0.4 is 5.73 Å². The molecule has 0 unspecified atom stereocenters. The van der Waals surface area contributed by atoms with Gasteiger partial charge in [0, 0.05) is 17.5 Å². The Labute approximate surface area is 114 Å². The first-order valence-corrected chi connectivity index (χ1v) is 7.29. The molecule has 3 heteroatoms. The van der Waals surface area contributed by atoms with Crippen LogP contribution in [0.25, 0.3) is 11.0 Å². The minimum absolute atomic E-state index is 0.536. The number of nitrogens with zero attached hydrogens (tertiary/aromatic N) is 1. The Bertz CT molecular complexity index is 539. The van der Waals surface area contributed by atoms with E-state index >= 15 is 0 Å². The molecule has 3 rings (SSSR count). The van der Waals surface area contributed by atoms with Crippen molar-refractivity contribution in [3.8, 4) is 0 Å². The van der Waals surface area contributed by atoms with Gasteiger partial charge in [0.25, 0.3) is 0 Å². The first-order chi connectivity index (χ1) is 9.36. The molecule has 1 saturated heterocycles. The van der Waals surface area contributed by atoms with E-state index in [2.05, 4.69) is 23.1 Å². The van der Waals surface area contributed by atoms with Crippen molar-refractivity contribution in [1.82, 2.24) is 4.90 Å². The van der Waals surface area contributed by atoms with Crippen LogP contribution in [0.15, 0.2) is 28.7 Å². The summed E-state index contributed by atoms with van der Waals surface area (Å²) in [7, 11) is 0. The Kier molecular flexibility index (Phi) is 3.85. The Morgan fingerprint density at radius 2 is 1.89 bits per heavy atom. The van der Waals surface area contributed by atoms with Gasteiger partial charge in [0.05, 0.1) is 6.54 Å². The average Bonchev–Trinajstić information content (AvgIpc) is 2.66. The van der Waals surface area contributed by atoms with Crippen LogP contribution in [0.2, 0.25) is 0 Å². The van der Waals surface area contributed by atoms with E-state index in [1.165, 1.54) is 44.2 Å². The van der Waals surface area contributed by atoms with Gasteiger partial charge in [0.15, 0.2) is 0 Å². The third-order valence-electron chi connectivity index (χ3n) is 3.97. The molecule has 1 aliphatic heterocycles. The highest BCUT2D eigenvalue weighted by Crippen LogP contribution is 2.24. The third kappa shape index (κ3) is 2.82. The number of likely N-dealkylation sites (tertiary alicyclic amines) is 1. The molecule has 3 nitrogen and oxygen atoms in total. The van der Waals surface area contributed by atoms with Crippen LogP contribution in [0.5, 0.6) is 0 Å². The van der Waals surface area contributed by atoms with E-state index in [1.54, 1.807) is 0 Å². The fourth-order valence-corrected chi connectivity index (χ4v) is 2.93. The molecule has 0 saturated carbocycles. The number of nitrogens with two attached hydrogens (primary N) is 1. The van der Waals surface area contributed by atoms with Crippen LogP contribution in [0.1, 0.15) is 37.0 Å². The maximum Gasteiger partial charge on any atom is 0.138 e. The van der Waals surface area contributed by atoms with E-state index in [9.17, 15) is 0 Å². The fraction of sp³-hybridized carbons (Fsp3) is 0.500. The van der Waals surface area contributed by atoms with Crippen LogP contribution in [-0.4, -0.2) is 18.0 Å². The minimum atomic E-state index is 0.536. The van der Waals surface area contributed by atoms with E-state index in [1.807, 2.05) is 6.07 Å². The molecule has 0 atom stereocenters. The summed E-state index contributed by atoms with van der Waals surface area (Å²) in [6.45, 7) is 3.86. The average molecular weight is 258 g/mol. The van der Waals surface area contributed by atoms with Crippen LogP contribution in [0.3, 0.4) is 0 Å². The zero-order chi connectivity index (χ0) is 13.1. The largest absolute Gasteiger partial charge is 0.459 e. The minimum Gasteiger partial charge on any atom is -0.459 e. The number of para-hydroxylation sites is 1. The summed E-state index contributed by atoms with van der Waals surface area (Å²) >= 11 is 0. The molecule has 0 radical (unpaired) electrons. The highest BCUT2D eigenvalue weighted by molar-refractivity contribution is 5.81. The van der Waals surface area contributed by atoms with Gasteiger partial charge < -0.3 is 10.2 Å². The molecule has 0 aliphatic carbocycles. The van der Waals surface area contributed by atoms with Crippen molar-refractivity contribution in [2.24, 2.45) is 5.73 Å². The van der Waals surface area contributed by atoms with Crippen molar-refractivity contribution >= 4 is 11.0 Å². The number of hydrogen-bond donors (Lipinski definition) is 1. The summed E-state index contributed by atoms with van der Waals surface area (Å²) in [4.78, 5) is 2.51. The molecule has 0 spiro atoms. The SMILES string of the molecule is NCc1cccc2cc(CN3CCCCCC3)oc12. The predicted molar refractivity (Wildman–Crippen MR) is 77.9 cm³/mol. The van der Waals surface area contributed by atoms with Crippen molar-refractivity contribution in [1.29, 1.82) is 0 Å². The number of benzene rings is 1. The van der Waals surface area contributed by atoms with Crippen molar-refractivity contribution < 1.29 is 4.42 Å². The van der Waals surface area contributed by atoms with E-state index in [0.717, 1.165) is 23.5 Å². The van der Waals surface area contributed by atoms with Gasteiger partial charge in [-0.25, -0.2) is 0 Å². The molecule has 2 N–H and O–H groups in total. The van der Waals surface area contributed by atoms with Gasteiger partial charge in [-0.15, -0.1) is 0 Å². The molecular formula is C16H22N2O. The van der Waals surface area contributed by atoms with Crippen LogP contribution in [0, 0.1) is 0 Å². The smallest absolute Gasteiger partial charge is 0.138 e. The monoisotopic (exact) mass is 258 g/mol. The molecule has 19 heavy (non-hydrogen) atoms. The van der Waals surface area contributed by atoms with Gasteiger partial charge in [-0.2, -0.15) is 0 Å². The molecule has 1 aliphatic rings. The molecule has 1 fully saturated rings. The van der Waals surface area contributed by atoms with Gasteiger partial charge in [-0.1, -0.05) is 31.0 Å². The standard InChI is InChI=1S/C16H22N2O/c17-11-14-7-5-6-13-10-15(19-16(13)14)12-18-8-3-1-2-4-9-18/h5-7,10H,1-4,8-9,11-12,17H2. The molecule has 102 valence electrons. The van der Waals surface area contributed by atoms with E-state index < -0.39 is 0 Å². The van der Waals surface area contributed by atoms with E-state index in [0.29, 0.717) is 6.54 Å². The van der Waals surface area contributed by atoms with E-state index in [-0.39, 0.29) is 0 Å². The van der Waals surface area contributed by atoms with Crippen molar-refractivity contribution in [2.45, 2.75) is 38.8 Å². The Balaban J connectivity index is 1.81. The van der Waals surface area contributed by atoms with Crippen LogP contribution >= 0.6 is 0 Å². The molecular weight excluding hydrogens is 236 g/mol. The van der Waals surface area contributed by atoms with Crippen molar-refractivity contribution in [3.63, 3.8) is 0 Å². The lowest BCUT2D eigenvalue weighted by Crippen LogP contribution is -2.23. The first-order valence-electron chi connectivity index (χ1n) is 7.29. The van der Waals surface area contributed by atoms with Crippen molar-refractivity contribution in [3.05, 3.63) is 35.6 Å². The van der Waals surface area contributed by atoms with Gasteiger partial charge in [0.1, 0.15) is 11.3 Å². The molecule has 1 aromatic carbocycles. The van der Waals surface area contributed by atoms with Crippen molar-refractivity contribution in [2.75, 3.05) is 13.1 Å². The summed E-state index contributed by atoms with van der Waals surface area (Å²) in [6, 6.07) is 8.36. The Hall–Kier alpha value is -1.32. The molecule has 0 bridgehead atoms. The van der Waals surface area contributed by atoms with Gasteiger partial charge in [-0.05, 0) is 32.0 Å². The third-order valence-corrected chi connectivity index (χ3v) is 3.97. The number of fused-ring (bicyclic) bond motifs is 1. The maximum absolute atomic E-state index is 6.01. The Morgan fingerprint density at radius 3 is 2.63 bits per heavy atom. The Morgan fingerprint density at radius 1 is 1.11 bits per heavy atom. The highest BCUT2D eigenvalue weighted by Gasteiger charge is 2.13. The van der Waals surface area contributed by atoms with Gasteiger partial charge in [0.2, 0.25) is 0 Å². The zero-order valence-corrected chi connectivity index (χ0v) is 11.4. The maximum atomic E-state index is 6.01. The second-order valence-electron chi connectivity index (χ2n) is 5.44. The van der Waals surface area contributed by atoms with E-state index in [4.69, 9.17) is 10.2 Å². The summed E-state index contributed by atoms with van der Waals surface area (Å²) in [6.07, 6.45) is 5.37. The zero-order valence-electron chi connectivity index (χ0n) is 11.4. The molecule has 0 amide bonds. The first kappa shape index (κ1) is 12.7. The van der Waals surface area contributed by atoms with Gasteiger partial charge >= 0.3 is 0 Å². The summed E-state index contributed by atoms with van der Waals surface area (Å²) in [5, 5.41) is 1.17. The number of furan rings is 1. The normalized spacial score (nSPS) is 17.7. The topological polar surface area (TPSA) is 42.4 Å². The predicted octanol–water partition coefficient (Wildman–Crippen LogP) is 3.27. The molecule has 2 aromatic rings. The number of hydrogen-bond acceptors (Lipinski definition) is 3. The summed E-state index contributed by atoms with van der Waals surface area (Å²) in [5.41, 5.74) is 7.82. The van der Waals surface area contributed by atoms with Crippen LogP contribution in [-0.2, 0) is 13.1 Å². The van der Waals surface area contributed by atoms with Crippen LogP contribution in [0.4, 0.5) is 0 Å². The summed E-state index contributed by atoms with van der Waals surface area (Å²) < 4.78 is 6.01. The lowest BCUT2D eigenvalue weighted by molar-refractivity contribution is 0.256. The lowest BCUT2D eigenvalue weighted by atomic mass is 10.1. The number of rotatable bonds is 3. The lowest BCUT2D eigenvalue weighted by Gasteiger charge is -2.17. The highest BCUT2D eigenvalue weighted by atomic mass is 16.3. The molecule has 2 heterocycles. The second kappa shape index (κ2) is 5.76. The fourth-order valence-electron chi connectivity index (χ4n) is 2.93. The molecule has 1 aromatic heterocycles. The summed E-state index contributed by atoms with van der Waals surface area (Å²) in [5.74, 6) is 1.07. The van der Waals surface area contributed by atoms with Gasteiger partial charge in [-0.3, -0.25) is 4.90 Å². The second-order valence-corrected chi connectivity index (χ2v) is 5.44. The quantitative estimate of drug-likeness (QED) is 0.918.